The summed E-state index contributed by atoms with van der Waals surface area (Å²) in [6.07, 6.45) is 0. The van der Waals surface area contributed by atoms with Crippen LogP contribution in [0.5, 0.6) is 11.5 Å². The van der Waals surface area contributed by atoms with Crippen LogP contribution in [-0.2, 0) is 5.41 Å². The molecule has 5 nitrogen and oxygen atoms in total. The first kappa shape index (κ1) is 15.1. The van der Waals surface area contributed by atoms with Crippen molar-refractivity contribution < 1.29 is 9.84 Å². The number of hydrogen-bond acceptors (Lipinski definition) is 5. The Morgan fingerprint density at radius 1 is 1.14 bits per heavy atom. The van der Waals surface area contributed by atoms with Crippen molar-refractivity contribution in [2.24, 2.45) is 0 Å². The van der Waals surface area contributed by atoms with E-state index in [9.17, 15) is 5.11 Å². The number of benzene rings is 1. The van der Waals surface area contributed by atoms with E-state index < -0.39 is 0 Å². The highest BCUT2D eigenvalue weighted by molar-refractivity contribution is 5.62. The van der Waals surface area contributed by atoms with E-state index in [1.165, 1.54) is 7.11 Å². The minimum absolute atomic E-state index is 0.0791. The molecular weight excluding hydrogens is 266 g/mol. The predicted octanol–water partition coefficient (Wildman–Crippen LogP) is 3.20. The Labute approximate surface area is 125 Å². The molecule has 0 radical (unpaired) electrons. The van der Waals surface area contributed by atoms with Gasteiger partial charge in [0.2, 0.25) is 0 Å². The highest BCUT2D eigenvalue weighted by atomic mass is 16.5. The topological polar surface area (TPSA) is 67.3 Å². The summed E-state index contributed by atoms with van der Waals surface area (Å²) in [6, 6.07) is 7.04. The van der Waals surface area contributed by atoms with Gasteiger partial charge in [0.05, 0.1) is 12.8 Å². The number of nitrogens with zero attached hydrogens (tertiary/aromatic N) is 2. The van der Waals surface area contributed by atoms with Gasteiger partial charge in [-0.25, -0.2) is 9.97 Å². The van der Waals surface area contributed by atoms with E-state index in [-0.39, 0.29) is 11.2 Å². The number of aromatic hydroxyl groups is 1. The van der Waals surface area contributed by atoms with Gasteiger partial charge >= 0.3 is 0 Å². The number of phenolic OH excluding ortho intramolecular Hbond substituents is 1. The van der Waals surface area contributed by atoms with Crippen LogP contribution in [0.3, 0.4) is 0 Å². The number of anilines is 1. The van der Waals surface area contributed by atoms with Crippen molar-refractivity contribution >= 4 is 5.82 Å². The lowest BCUT2D eigenvalue weighted by Gasteiger charge is -2.19. The zero-order valence-corrected chi connectivity index (χ0v) is 13.1. The van der Waals surface area contributed by atoms with Crippen LogP contribution in [0.25, 0.3) is 11.4 Å². The zero-order chi connectivity index (χ0) is 15.6. The first-order valence-corrected chi connectivity index (χ1v) is 6.80. The summed E-state index contributed by atoms with van der Waals surface area (Å²) in [6.45, 7) is 6.32. The van der Waals surface area contributed by atoms with E-state index in [0.29, 0.717) is 11.6 Å². The molecule has 0 amide bonds. The largest absolute Gasteiger partial charge is 0.504 e. The van der Waals surface area contributed by atoms with Gasteiger partial charge in [0.1, 0.15) is 5.82 Å². The second-order valence-corrected chi connectivity index (χ2v) is 5.85. The molecule has 0 saturated carbocycles. The molecule has 5 heteroatoms. The maximum Gasteiger partial charge on any atom is 0.161 e. The molecule has 2 rings (SSSR count). The van der Waals surface area contributed by atoms with Crippen LogP contribution in [0.2, 0.25) is 0 Å². The molecule has 21 heavy (non-hydrogen) atoms. The molecule has 0 saturated heterocycles. The third-order valence-electron chi connectivity index (χ3n) is 3.19. The van der Waals surface area contributed by atoms with Gasteiger partial charge in [-0.05, 0) is 18.2 Å². The first-order valence-electron chi connectivity index (χ1n) is 6.80. The zero-order valence-electron chi connectivity index (χ0n) is 13.1. The number of rotatable bonds is 3. The molecule has 0 aliphatic carbocycles. The fourth-order valence-electron chi connectivity index (χ4n) is 1.91. The summed E-state index contributed by atoms with van der Waals surface area (Å²) in [4.78, 5) is 9.12. The van der Waals surface area contributed by atoms with Crippen molar-refractivity contribution in [2.45, 2.75) is 26.2 Å². The van der Waals surface area contributed by atoms with Crippen molar-refractivity contribution in [2.75, 3.05) is 19.5 Å². The van der Waals surface area contributed by atoms with Crippen molar-refractivity contribution in [3.63, 3.8) is 0 Å². The molecule has 0 spiro atoms. The van der Waals surface area contributed by atoms with E-state index in [0.717, 1.165) is 17.1 Å². The number of methoxy groups -OCH3 is 1. The molecule has 0 aliphatic heterocycles. The van der Waals surface area contributed by atoms with Gasteiger partial charge in [-0.2, -0.15) is 0 Å². The van der Waals surface area contributed by atoms with Gasteiger partial charge in [-0.3, -0.25) is 0 Å². The first-order chi connectivity index (χ1) is 9.85. The van der Waals surface area contributed by atoms with Crippen LogP contribution < -0.4 is 10.1 Å². The van der Waals surface area contributed by atoms with Crippen molar-refractivity contribution in [1.82, 2.24) is 9.97 Å². The Morgan fingerprint density at radius 2 is 1.86 bits per heavy atom. The Hall–Kier alpha value is -2.30. The lowest BCUT2D eigenvalue weighted by Crippen LogP contribution is -2.15. The van der Waals surface area contributed by atoms with Gasteiger partial charge in [0.15, 0.2) is 17.3 Å². The van der Waals surface area contributed by atoms with Crippen LogP contribution in [0.15, 0.2) is 24.3 Å². The summed E-state index contributed by atoms with van der Waals surface area (Å²) in [5, 5.41) is 12.7. The molecular formula is C16H21N3O2. The van der Waals surface area contributed by atoms with E-state index in [1.807, 2.05) is 13.1 Å². The van der Waals surface area contributed by atoms with Gasteiger partial charge in [-0.15, -0.1) is 0 Å². The lowest BCUT2D eigenvalue weighted by atomic mass is 9.92. The van der Waals surface area contributed by atoms with E-state index in [4.69, 9.17) is 4.74 Å². The Kier molecular flexibility index (Phi) is 4.02. The minimum Gasteiger partial charge on any atom is -0.504 e. The molecule has 2 N–H and O–H groups in total. The third kappa shape index (κ3) is 3.24. The minimum atomic E-state index is -0.0791. The number of ether oxygens (including phenoxy) is 1. The van der Waals surface area contributed by atoms with E-state index in [2.05, 4.69) is 36.1 Å². The number of phenols is 1. The maximum absolute atomic E-state index is 9.69. The summed E-state index contributed by atoms with van der Waals surface area (Å²) in [5.74, 6) is 1.87. The Balaban J connectivity index is 2.58. The summed E-state index contributed by atoms with van der Waals surface area (Å²) < 4.78 is 5.14. The van der Waals surface area contributed by atoms with E-state index in [1.54, 1.807) is 18.2 Å². The number of nitrogens with one attached hydrogen (secondary N) is 1. The fraction of sp³-hybridized carbons (Fsp3) is 0.375. The van der Waals surface area contributed by atoms with Gasteiger partial charge in [0.25, 0.3) is 0 Å². The predicted molar refractivity (Wildman–Crippen MR) is 83.9 cm³/mol. The summed E-state index contributed by atoms with van der Waals surface area (Å²) in [7, 11) is 3.35. The Morgan fingerprint density at radius 3 is 2.43 bits per heavy atom. The lowest BCUT2D eigenvalue weighted by molar-refractivity contribution is 0.373. The third-order valence-corrected chi connectivity index (χ3v) is 3.19. The molecule has 1 aromatic carbocycles. The molecule has 112 valence electrons. The molecule has 2 aromatic rings. The average Bonchev–Trinajstić information content (AvgIpc) is 2.46. The second kappa shape index (κ2) is 5.60. The summed E-state index contributed by atoms with van der Waals surface area (Å²) >= 11 is 0. The van der Waals surface area contributed by atoms with Crippen molar-refractivity contribution in [3.05, 3.63) is 30.0 Å². The van der Waals surface area contributed by atoms with Crippen molar-refractivity contribution in [1.29, 1.82) is 0 Å². The van der Waals surface area contributed by atoms with Crippen LogP contribution in [-0.4, -0.2) is 29.2 Å². The Bertz CT molecular complexity index is 648. The molecule has 0 fully saturated rings. The molecule has 1 heterocycles. The molecule has 0 bridgehead atoms. The standard InChI is InChI=1S/C16H21N3O2/c1-16(2,3)13-9-14(17-4)19-15(18-13)10-6-7-11(20)12(8-10)21-5/h6-9,20H,1-5H3,(H,17,18,19). The summed E-state index contributed by atoms with van der Waals surface area (Å²) in [5.41, 5.74) is 1.67. The van der Waals surface area contributed by atoms with Crippen LogP contribution in [0.4, 0.5) is 5.82 Å². The monoisotopic (exact) mass is 287 g/mol. The van der Waals surface area contributed by atoms with Crippen LogP contribution in [0, 0.1) is 0 Å². The quantitative estimate of drug-likeness (QED) is 0.907. The maximum atomic E-state index is 9.69. The van der Waals surface area contributed by atoms with Crippen molar-refractivity contribution in [3.8, 4) is 22.9 Å². The SMILES string of the molecule is CNc1cc(C(C)(C)C)nc(-c2ccc(O)c(OC)c2)n1. The average molecular weight is 287 g/mol. The highest BCUT2D eigenvalue weighted by Crippen LogP contribution is 2.31. The highest BCUT2D eigenvalue weighted by Gasteiger charge is 2.18. The molecule has 0 atom stereocenters. The molecule has 0 aliphatic rings. The van der Waals surface area contributed by atoms with E-state index >= 15 is 0 Å². The van der Waals surface area contributed by atoms with Gasteiger partial charge in [-0.1, -0.05) is 20.8 Å². The van der Waals surface area contributed by atoms with Gasteiger partial charge in [0, 0.05) is 24.1 Å². The normalized spacial score (nSPS) is 11.3. The van der Waals surface area contributed by atoms with Crippen LogP contribution >= 0.6 is 0 Å². The second-order valence-electron chi connectivity index (χ2n) is 5.85. The molecule has 0 unspecified atom stereocenters. The molecule has 1 aromatic heterocycles. The fourth-order valence-corrected chi connectivity index (χ4v) is 1.91. The number of hydrogen-bond donors (Lipinski definition) is 2. The smallest absolute Gasteiger partial charge is 0.161 e. The van der Waals surface area contributed by atoms with Crippen LogP contribution in [0.1, 0.15) is 26.5 Å². The number of aromatic nitrogens is 2. The van der Waals surface area contributed by atoms with Gasteiger partial charge < -0.3 is 15.2 Å².